The van der Waals surface area contributed by atoms with Crippen molar-refractivity contribution in [2.24, 2.45) is 0 Å². The maximum atomic E-state index is 13.0. The van der Waals surface area contributed by atoms with Gasteiger partial charge in [-0.05, 0) is 19.1 Å². The first-order valence-corrected chi connectivity index (χ1v) is 7.71. The number of rotatable bonds is 6. The molecule has 1 heterocycles. The molecule has 5 nitrogen and oxygen atoms in total. The largest absolute Gasteiger partial charge is 0.492 e. The van der Waals surface area contributed by atoms with Gasteiger partial charge in [-0.1, -0.05) is 17.7 Å². The van der Waals surface area contributed by atoms with Crippen molar-refractivity contribution < 1.29 is 17.9 Å². The van der Waals surface area contributed by atoms with Crippen molar-refractivity contribution >= 4 is 11.8 Å². The van der Waals surface area contributed by atoms with E-state index in [1.165, 1.54) is 9.80 Å². The Kier molecular flexibility index (Phi) is 5.71. The fourth-order valence-corrected chi connectivity index (χ4v) is 2.00. The third kappa shape index (κ3) is 5.23. The number of aryl methyl sites for hydroxylation is 1. The zero-order valence-electron chi connectivity index (χ0n) is 14.6. The van der Waals surface area contributed by atoms with Gasteiger partial charge in [0.15, 0.2) is 5.69 Å². The standard InChI is InChI=1S/C17H21F3N4O/c1-12-5-7-13(8-6-12)25-10-9-24(4)16-21-14(17(18,19)20)11-15(22-16)23(2)3/h5-8,11H,9-10H2,1-4H3. The van der Waals surface area contributed by atoms with Crippen LogP contribution in [-0.4, -0.2) is 44.3 Å². The van der Waals surface area contributed by atoms with Crippen molar-refractivity contribution in [1.82, 2.24) is 9.97 Å². The number of benzene rings is 1. The van der Waals surface area contributed by atoms with E-state index in [4.69, 9.17) is 4.74 Å². The highest BCUT2D eigenvalue weighted by molar-refractivity contribution is 5.45. The number of ether oxygens (including phenoxy) is 1. The van der Waals surface area contributed by atoms with Crippen LogP contribution in [0, 0.1) is 6.92 Å². The SMILES string of the molecule is Cc1ccc(OCCN(C)c2nc(N(C)C)cc(C(F)(F)F)n2)cc1. The van der Waals surface area contributed by atoms with Crippen LogP contribution in [0.15, 0.2) is 30.3 Å². The number of likely N-dealkylation sites (N-methyl/N-ethyl adjacent to an activating group) is 1. The molecule has 8 heteroatoms. The quantitative estimate of drug-likeness (QED) is 0.795. The Bertz CT molecular complexity index is 702. The second kappa shape index (κ2) is 7.58. The maximum absolute atomic E-state index is 13.0. The first-order chi connectivity index (χ1) is 11.7. The number of aromatic nitrogens is 2. The van der Waals surface area contributed by atoms with Gasteiger partial charge in [-0.3, -0.25) is 0 Å². The Hall–Kier alpha value is -2.51. The van der Waals surface area contributed by atoms with Crippen molar-refractivity contribution in [1.29, 1.82) is 0 Å². The van der Waals surface area contributed by atoms with E-state index < -0.39 is 11.9 Å². The van der Waals surface area contributed by atoms with E-state index in [0.717, 1.165) is 11.6 Å². The van der Waals surface area contributed by atoms with Gasteiger partial charge in [0.05, 0.1) is 6.54 Å². The van der Waals surface area contributed by atoms with E-state index in [1.807, 2.05) is 31.2 Å². The molecule has 0 N–H and O–H groups in total. The molecule has 0 bridgehead atoms. The van der Waals surface area contributed by atoms with Crippen molar-refractivity contribution in [3.63, 3.8) is 0 Å². The normalized spacial score (nSPS) is 11.3. The number of hydrogen-bond donors (Lipinski definition) is 0. The summed E-state index contributed by atoms with van der Waals surface area (Å²) in [7, 11) is 4.90. The predicted octanol–water partition coefficient (Wildman–Crippen LogP) is 3.39. The van der Waals surface area contributed by atoms with Gasteiger partial charge in [-0.25, -0.2) is 4.98 Å². The van der Waals surface area contributed by atoms with Gasteiger partial charge in [0, 0.05) is 27.2 Å². The first kappa shape index (κ1) is 18.8. The van der Waals surface area contributed by atoms with Crippen LogP contribution in [0.4, 0.5) is 24.9 Å². The third-order valence-corrected chi connectivity index (χ3v) is 3.51. The van der Waals surface area contributed by atoms with Gasteiger partial charge in [0.25, 0.3) is 0 Å². The second-order valence-corrected chi connectivity index (χ2v) is 5.89. The summed E-state index contributed by atoms with van der Waals surface area (Å²) < 4.78 is 44.7. The zero-order chi connectivity index (χ0) is 18.6. The molecular formula is C17H21F3N4O. The van der Waals surface area contributed by atoms with Gasteiger partial charge in [0.1, 0.15) is 18.2 Å². The molecule has 1 aromatic heterocycles. The average Bonchev–Trinajstić information content (AvgIpc) is 2.55. The van der Waals surface area contributed by atoms with Crippen LogP contribution in [0.3, 0.4) is 0 Å². The highest BCUT2D eigenvalue weighted by atomic mass is 19.4. The molecule has 0 amide bonds. The molecule has 0 aliphatic rings. The zero-order valence-corrected chi connectivity index (χ0v) is 14.6. The van der Waals surface area contributed by atoms with Crippen LogP contribution in [0.2, 0.25) is 0 Å². The van der Waals surface area contributed by atoms with E-state index in [0.29, 0.717) is 18.9 Å². The van der Waals surface area contributed by atoms with Crippen LogP contribution in [0.5, 0.6) is 5.75 Å². The van der Waals surface area contributed by atoms with Crippen molar-refractivity contribution in [2.75, 3.05) is 44.1 Å². The molecule has 0 aliphatic carbocycles. The van der Waals surface area contributed by atoms with Gasteiger partial charge in [-0.15, -0.1) is 0 Å². The highest BCUT2D eigenvalue weighted by Gasteiger charge is 2.34. The molecule has 0 unspecified atom stereocenters. The molecule has 0 saturated carbocycles. The molecule has 0 aliphatic heterocycles. The number of alkyl halides is 3. The molecule has 0 radical (unpaired) electrons. The summed E-state index contributed by atoms with van der Waals surface area (Å²) in [5, 5.41) is 0. The monoisotopic (exact) mass is 354 g/mol. The van der Waals surface area contributed by atoms with E-state index >= 15 is 0 Å². The fraction of sp³-hybridized carbons (Fsp3) is 0.412. The van der Waals surface area contributed by atoms with Gasteiger partial charge >= 0.3 is 6.18 Å². The van der Waals surface area contributed by atoms with Crippen molar-refractivity contribution in [3.8, 4) is 5.75 Å². The summed E-state index contributed by atoms with van der Waals surface area (Å²) in [5.41, 5.74) is 0.158. The first-order valence-electron chi connectivity index (χ1n) is 7.71. The lowest BCUT2D eigenvalue weighted by Gasteiger charge is -2.21. The Morgan fingerprint density at radius 1 is 1.04 bits per heavy atom. The summed E-state index contributed by atoms with van der Waals surface area (Å²) in [6.45, 7) is 2.63. The smallest absolute Gasteiger partial charge is 0.433 e. The van der Waals surface area contributed by atoms with Crippen LogP contribution >= 0.6 is 0 Å². The predicted molar refractivity (Wildman–Crippen MR) is 91.3 cm³/mol. The lowest BCUT2D eigenvalue weighted by molar-refractivity contribution is -0.141. The number of hydrogen-bond acceptors (Lipinski definition) is 5. The van der Waals surface area contributed by atoms with Crippen LogP contribution in [0.25, 0.3) is 0 Å². The molecule has 0 atom stereocenters. The fourth-order valence-electron chi connectivity index (χ4n) is 2.00. The molecule has 136 valence electrons. The minimum atomic E-state index is -4.53. The minimum absolute atomic E-state index is 0.00558. The summed E-state index contributed by atoms with van der Waals surface area (Å²) in [6.07, 6.45) is -4.53. The molecule has 0 spiro atoms. The van der Waals surface area contributed by atoms with Gasteiger partial charge < -0.3 is 14.5 Å². The van der Waals surface area contributed by atoms with E-state index in [1.54, 1.807) is 21.1 Å². The lowest BCUT2D eigenvalue weighted by atomic mass is 10.2. The number of halogens is 3. The van der Waals surface area contributed by atoms with Gasteiger partial charge in [0.2, 0.25) is 5.95 Å². The number of anilines is 2. The van der Waals surface area contributed by atoms with Crippen LogP contribution in [-0.2, 0) is 6.18 Å². The average molecular weight is 354 g/mol. The maximum Gasteiger partial charge on any atom is 0.433 e. The second-order valence-electron chi connectivity index (χ2n) is 5.89. The molecule has 25 heavy (non-hydrogen) atoms. The number of nitrogens with zero attached hydrogens (tertiary/aromatic N) is 4. The summed E-state index contributed by atoms with van der Waals surface area (Å²) in [6, 6.07) is 8.48. The van der Waals surface area contributed by atoms with Gasteiger partial charge in [-0.2, -0.15) is 18.2 Å². The summed E-state index contributed by atoms with van der Waals surface area (Å²) in [5.74, 6) is 0.910. The van der Waals surface area contributed by atoms with Crippen molar-refractivity contribution in [2.45, 2.75) is 13.1 Å². The molecular weight excluding hydrogens is 333 g/mol. The third-order valence-electron chi connectivity index (χ3n) is 3.51. The minimum Gasteiger partial charge on any atom is -0.492 e. The Balaban J connectivity index is 2.08. The highest BCUT2D eigenvalue weighted by Crippen LogP contribution is 2.30. The van der Waals surface area contributed by atoms with Crippen molar-refractivity contribution in [3.05, 3.63) is 41.6 Å². The molecule has 0 saturated heterocycles. The summed E-state index contributed by atoms with van der Waals surface area (Å²) >= 11 is 0. The van der Waals surface area contributed by atoms with E-state index in [2.05, 4.69) is 9.97 Å². The van der Waals surface area contributed by atoms with Crippen LogP contribution < -0.4 is 14.5 Å². The molecule has 1 aromatic carbocycles. The summed E-state index contributed by atoms with van der Waals surface area (Å²) in [4.78, 5) is 10.8. The Morgan fingerprint density at radius 2 is 1.68 bits per heavy atom. The van der Waals surface area contributed by atoms with Crippen LogP contribution in [0.1, 0.15) is 11.3 Å². The molecule has 2 aromatic rings. The van der Waals surface area contributed by atoms with E-state index in [-0.39, 0.29) is 11.8 Å². The molecule has 0 fully saturated rings. The topological polar surface area (TPSA) is 41.5 Å². The Morgan fingerprint density at radius 3 is 2.24 bits per heavy atom. The van der Waals surface area contributed by atoms with E-state index in [9.17, 15) is 13.2 Å². The lowest BCUT2D eigenvalue weighted by Crippen LogP contribution is -2.27. The molecule has 2 rings (SSSR count). The Labute approximate surface area is 145 Å².